The van der Waals surface area contributed by atoms with Crippen LogP contribution in [0.4, 0.5) is 0 Å². The summed E-state index contributed by atoms with van der Waals surface area (Å²) in [6.07, 6.45) is 0.493. The lowest BCUT2D eigenvalue weighted by molar-refractivity contribution is -0.119. The Bertz CT molecular complexity index is 385. The van der Waals surface area contributed by atoms with E-state index in [4.69, 9.17) is 5.73 Å². The Kier molecular flexibility index (Phi) is 4.05. The van der Waals surface area contributed by atoms with E-state index in [0.717, 1.165) is 5.56 Å². The molecule has 1 rings (SSSR count). The van der Waals surface area contributed by atoms with E-state index >= 15 is 0 Å². The molecule has 0 aliphatic rings. The number of aryl methyl sites for hydroxylation is 1. The van der Waals surface area contributed by atoms with Crippen molar-refractivity contribution in [1.82, 2.24) is 5.32 Å². The van der Waals surface area contributed by atoms with Crippen LogP contribution in [0.25, 0.3) is 0 Å². The van der Waals surface area contributed by atoms with Crippen molar-refractivity contribution in [2.45, 2.75) is 26.3 Å². The van der Waals surface area contributed by atoms with Crippen molar-refractivity contribution in [3.8, 4) is 0 Å². The van der Waals surface area contributed by atoms with Crippen LogP contribution in [0, 0.1) is 6.92 Å². The molecular formula is C12H16N2O2. The van der Waals surface area contributed by atoms with Crippen molar-refractivity contribution >= 4 is 11.8 Å². The van der Waals surface area contributed by atoms with Crippen molar-refractivity contribution in [2.24, 2.45) is 5.73 Å². The van der Waals surface area contributed by atoms with Crippen LogP contribution in [0.5, 0.6) is 0 Å². The van der Waals surface area contributed by atoms with Crippen molar-refractivity contribution in [3.63, 3.8) is 0 Å². The minimum absolute atomic E-state index is 0.273. The van der Waals surface area contributed by atoms with E-state index < -0.39 is 11.9 Å². The molecule has 2 amide bonds. The molecular weight excluding hydrogens is 204 g/mol. The molecule has 1 atom stereocenters. The van der Waals surface area contributed by atoms with Crippen LogP contribution >= 0.6 is 0 Å². The maximum Gasteiger partial charge on any atom is 0.251 e. The van der Waals surface area contributed by atoms with Gasteiger partial charge in [0.25, 0.3) is 5.91 Å². The van der Waals surface area contributed by atoms with E-state index in [-0.39, 0.29) is 5.91 Å². The van der Waals surface area contributed by atoms with E-state index in [9.17, 15) is 9.59 Å². The van der Waals surface area contributed by atoms with Crippen LogP contribution in [-0.2, 0) is 4.79 Å². The fraction of sp³-hybridized carbons (Fsp3) is 0.333. The second-order valence-electron chi connectivity index (χ2n) is 3.70. The first kappa shape index (κ1) is 12.2. The highest BCUT2D eigenvalue weighted by Crippen LogP contribution is 2.03. The highest BCUT2D eigenvalue weighted by Gasteiger charge is 2.16. The Hall–Kier alpha value is -1.84. The number of hydrogen-bond acceptors (Lipinski definition) is 2. The molecule has 4 nitrogen and oxygen atoms in total. The SMILES string of the molecule is CCC(NC(=O)c1ccc(C)cc1)C(N)=O. The third-order valence-electron chi connectivity index (χ3n) is 2.37. The maximum absolute atomic E-state index is 11.7. The van der Waals surface area contributed by atoms with Crippen molar-refractivity contribution in [1.29, 1.82) is 0 Å². The van der Waals surface area contributed by atoms with Crippen LogP contribution < -0.4 is 11.1 Å². The van der Waals surface area contributed by atoms with Gasteiger partial charge in [-0.25, -0.2) is 0 Å². The number of hydrogen-bond donors (Lipinski definition) is 2. The van der Waals surface area contributed by atoms with Crippen molar-refractivity contribution < 1.29 is 9.59 Å². The third-order valence-corrected chi connectivity index (χ3v) is 2.37. The summed E-state index contributed by atoms with van der Waals surface area (Å²) in [6.45, 7) is 3.74. The van der Waals surface area contributed by atoms with Crippen molar-refractivity contribution in [2.75, 3.05) is 0 Å². The lowest BCUT2D eigenvalue weighted by atomic mass is 10.1. The Morgan fingerprint density at radius 2 is 1.88 bits per heavy atom. The summed E-state index contributed by atoms with van der Waals surface area (Å²) >= 11 is 0. The smallest absolute Gasteiger partial charge is 0.251 e. The lowest BCUT2D eigenvalue weighted by Crippen LogP contribution is -2.43. The number of nitrogens with one attached hydrogen (secondary N) is 1. The Labute approximate surface area is 94.8 Å². The van der Waals surface area contributed by atoms with E-state index in [0.29, 0.717) is 12.0 Å². The topological polar surface area (TPSA) is 72.2 Å². The second-order valence-corrected chi connectivity index (χ2v) is 3.70. The van der Waals surface area contributed by atoms with Gasteiger partial charge in [0.1, 0.15) is 6.04 Å². The normalized spacial score (nSPS) is 11.9. The maximum atomic E-state index is 11.7. The number of carbonyl (C=O) groups is 2. The van der Waals surface area contributed by atoms with E-state index in [1.54, 1.807) is 19.1 Å². The zero-order chi connectivity index (χ0) is 12.1. The molecule has 1 aromatic rings. The summed E-state index contributed by atoms with van der Waals surface area (Å²) in [5.41, 5.74) is 6.76. The second kappa shape index (κ2) is 5.30. The summed E-state index contributed by atoms with van der Waals surface area (Å²) < 4.78 is 0. The molecule has 1 aromatic carbocycles. The molecule has 4 heteroatoms. The van der Waals surface area contributed by atoms with Gasteiger partial charge in [0.05, 0.1) is 0 Å². The van der Waals surface area contributed by atoms with Crippen LogP contribution in [0.3, 0.4) is 0 Å². The molecule has 0 bridgehead atoms. The van der Waals surface area contributed by atoms with Crippen LogP contribution in [0.15, 0.2) is 24.3 Å². The van der Waals surface area contributed by atoms with Crippen LogP contribution in [-0.4, -0.2) is 17.9 Å². The first-order chi connectivity index (χ1) is 7.54. The number of nitrogens with two attached hydrogens (primary N) is 1. The van der Waals surface area contributed by atoms with Gasteiger partial charge in [0.2, 0.25) is 5.91 Å². The predicted octanol–water partition coefficient (Wildman–Crippen LogP) is 0.989. The lowest BCUT2D eigenvalue weighted by Gasteiger charge is -2.13. The van der Waals surface area contributed by atoms with Gasteiger partial charge in [0.15, 0.2) is 0 Å². The summed E-state index contributed by atoms with van der Waals surface area (Å²) in [5, 5.41) is 2.59. The highest BCUT2D eigenvalue weighted by molar-refractivity contribution is 5.97. The van der Waals surface area contributed by atoms with Crippen LogP contribution in [0.1, 0.15) is 29.3 Å². The monoisotopic (exact) mass is 220 g/mol. The molecule has 0 radical (unpaired) electrons. The third kappa shape index (κ3) is 3.08. The first-order valence-electron chi connectivity index (χ1n) is 5.21. The number of primary amides is 1. The van der Waals surface area contributed by atoms with Crippen LogP contribution in [0.2, 0.25) is 0 Å². The summed E-state index contributed by atoms with van der Waals surface area (Å²) in [5.74, 6) is -0.784. The van der Waals surface area contributed by atoms with E-state index in [1.807, 2.05) is 19.1 Å². The van der Waals surface area contributed by atoms with Gasteiger partial charge in [0, 0.05) is 5.56 Å². The minimum atomic E-state index is -0.603. The van der Waals surface area contributed by atoms with Crippen molar-refractivity contribution in [3.05, 3.63) is 35.4 Å². The molecule has 0 aliphatic heterocycles. The summed E-state index contributed by atoms with van der Waals surface area (Å²) in [4.78, 5) is 22.7. The molecule has 0 heterocycles. The summed E-state index contributed by atoms with van der Waals surface area (Å²) in [6, 6.07) is 6.53. The largest absolute Gasteiger partial charge is 0.368 e. The van der Waals surface area contributed by atoms with E-state index in [2.05, 4.69) is 5.32 Å². The van der Waals surface area contributed by atoms with Gasteiger partial charge in [-0.15, -0.1) is 0 Å². The molecule has 0 aliphatic carbocycles. The Morgan fingerprint density at radius 3 is 2.31 bits per heavy atom. The number of carbonyl (C=O) groups excluding carboxylic acids is 2. The first-order valence-corrected chi connectivity index (χ1v) is 5.21. The zero-order valence-corrected chi connectivity index (χ0v) is 9.49. The molecule has 86 valence electrons. The standard InChI is InChI=1S/C12H16N2O2/c1-3-10(11(13)15)14-12(16)9-6-4-8(2)5-7-9/h4-7,10H,3H2,1-2H3,(H2,13,15)(H,14,16). The zero-order valence-electron chi connectivity index (χ0n) is 9.49. The highest BCUT2D eigenvalue weighted by atomic mass is 16.2. The van der Waals surface area contributed by atoms with Gasteiger partial charge in [-0.05, 0) is 25.5 Å². The molecule has 1 unspecified atom stereocenters. The average Bonchev–Trinajstić information content (AvgIpc) is 2.26. The number of amides is 2. The average molecular weight is 220 g/mol. The minimum Gasteiger partial charge on any atom is -0.368 e. The summed E-state index contributed by atoms with van der Waals surface area (Å²) in [7, 11) is 0. The number of benzene rings is 1. The Balaban J connectivity index is 2.71. The van der Waals surface area contributed by atoms with Gasteiger partial charge in [-0.3, -0.25) is 9.59 Å². The molecule has 0 spiro atoms. The molecule has 0 saturated carbocycles. The molecule has 3 N–H and O–H groups in total. The quantitative estimate of drug-likeness (QED) is 0.794. The predicted molar refractivity (Wildman–Crippen MR) is 61.9 cm³/mol. The fourth-order valence-corrected chi connectivity index (χ4v) is 1.32. The van der Waals surface area contributed by atoms with Gasteiger partial charge in [-0.1, -0.05) is 24.6 Å². The molecule has 0 aromatic heterocycles. The number of rotatable bonds is 4. The molecule has 16 heavy (non-hydrogen) atoms. The van der Waals surface area contributed by atoms with Gasteiger partial charge < -0.3 is 11.1 Å². The van der Waals surface area contributed by atoms with Gasteiger partial charge in [-0.2, -0.15) is 0 Å². The fourth-order valence-electron chi connectivity index (χ4n) is 1.32. The molecule has 0 fully saturated rings. The van der Waals surface area contributed by atoms with E-state index in [1.165, 1.54) is 0 Å². The Morgan fingerprint density at radius 1 is 1.31 bits per heavy atom. The van der Waals surface area contributed by atoms with Gasteiger partial charge >= 0.3 is 0 Å². The molecule has 0 saturated heterocycles.